The van der Waals surface area contributed by atoms with Gasteiger partial charge in [0.1, 0.15) is 11.5 Å². The number of nitrogen functional groups attached to an aromatic ring is 1. The van der Waals surface area contributed by atoms with Crippen molar-refractivity contribution in [1.82, 2.24) is 0 Å². The molecule has 2 aromatic rings. The van der Waals surface area contributed by atoms with Crippen molar-refractivity contribution in [1.29, 1.82) is 0 Å². The quantitative estimate of drug-likeness (QED) is 0.818. The van der Waals surface area contributed by atoms with Crippen LogP contribution in [0.15, 0.2) is 40.9 Å². The summed E-state index contributed by atoms with van der Waals surface area (Å²) in [6.07, 6.45) is 0. The predicted molar refractivity (Wildman–Crippen MR) is 85.4 cm³/mol. The summed E-state index contributed by atoms with van der Waals surface area (Å²) in [5.41, 5.74) is 8.48. The third-order valence-corrected chi connectivity index (χ3v) is 3.61. The largest absolute Gasteiger partial charge is 0.497 e. The lowest BCUT2D eigenvalue weighted by Crippen LogP contribution is -2.03. The second-order valence-corrected chi connectivity index (χ2v) is 5.12. The van der Waals surface area contributed by atoms with E-state index in [4.69, 9.17) is 15.2 Å². The summed E-state index contributed by atoms with van der Waals surface area (Å²) in [6.45, 7) is 0.648. The molecule has 0 spiro atoms. The number of rotatable bonds is 5. The van der Waals surface area contributed by atoms with Crippen LogP contribution in [0.1, 0.15) is 5.56 Å². The van der Waals surface area contributed by atoms with E-state index in [0.717, 1.165) is 32.9 Å². The van der Waals surface area contributed by atoms with Crippen LogP contribution in [0.2, 0.25) is 0 Å². The summed E-state index contributed by atoms with van der Waals surface area (Å²) in [5.74, 6) is 1.57. The van der Waals surface area contributed by atoms with Crippen LogP contribution in [-0.2, 0) is 6.54 Å². The van der Waals surface area contributed by atoms with Crippen molar-refractivity contribution in [3.8, 4) is 11.5 Å². The smallest absolute Gasteiger partial charge is 0.127 e. The van der Waals surface area contributed by atoms with Gasteiger partial charge in [0.05, 0.1) is 14.2 Å². The second kappa shape index (κ2) is 6.52. The van der Waals surface area contributed by atoms with Gasteiger partial charge in [-0.3, -0.25) is 0 Å². The number of halogens is 1. The lowest BCUT2D eigenvalue weighted by atomic mass is 10.2. The maximum absolute atomic E-state index is 5.72. The predicted octanol–water partition coefficient (Wildman–Crippen LogP) is 3.66. The topological polar surface area (TPSA) is 56.5 Å². The number of hydrogen-bond donors (Lipinski definition) is 2. The molecule has 3 N–H and O–H groups in total. The zero-order valence-corrected chi connectivity index (χ0v) is 13.0. The summed E-state index contributed by atoms with van der Waals surface area (Å²) in [4.78, 5) is 0. The van der Waals surface area contributed by atoms with Crippen molar-refractivity contribution in [2.75, 3.05) is 25.3 Å². The van der Waals surface area contributed by atoms with Gasteiger partial charge in [0.15, 0.2) is 0 Å². The first kappa shape index (κ1) is 14.5. The van der Waals surface area contributed by atoms with E-state index < -0.39 is 0 Å². The number of nitrogens with two attached hydrogens (primary N) is 1. The Morgan fingerprint density at radius 3 is 2.55 bits per heavy atom. The van der Waals surface area contributed by atoms with Gasteiger partial charge >= 0.3 is 0 Å². The Balaban J connectivity index is 2.14. The van der Waals surface area contributed by atoms with Gasteiger partial charge < -0.3 is 20.5 Å². The van der Waals surface area contributed by atoms with Gasteiger partial charge in [0, 0.05) is 34.0 Å². The minimum atomic E-state index is 0.648. The van der Waals surface area contributed by atoms with Gasteiger partial charge in [-0.15, -0.1) is 0 Å². The highest BCUT2D eigenvalue weighted by atomic mass is 79.9. The average Bonchev–Trinajstić information content (AvgIpc) is 2.46. The molecule has 2 aromatic carbocycles. The number of benzene rings is 2. The normalized spacial score (nSPS) is 10.2. The van der Waals surface area contributed by atoms with Gasteiger partial charge in [-0.1, -0.05) is 0 Å². The molecule has 0 heterocycles. The summed E-state index contributed by atoms with van der Waals surface area (Å²) in [6, 6.07) is 11.4. The van der Waals surface area contributed by atoms with Crippen LogP contribution in [0.3, 0.4) is 0 Å². The van der Waals surface area contributed by atoms with Gasteiger partial charge in [-0.25, -0.2) is 0 Å². The van der Waals surface area contributed by atoms with Crippen LogP contribution < -0.4 is 20.5 Å². The maximum Gasteiger partial charge on any atom is 0.127 e. The number of nitrogens with one attached hydrogen (secondary N) is 1. The Morgan fingerprint density at radius 1 is 1.10 bits per heavy atom. The Bertz CT molecular complexity index is 602. The molecule has 5 heteroatoms. The highest BCUT2D eigenvalue weighted by Crippen LogP contribution is 2.28. The molecule has 4 nitrogen and oxygen atoms in total. The van der Waals surface area contributed by atoms with Crippen LogP contribution in [0, 0.1) is 0 Å². The van der Waals surface area contributed by atoms with Crippen molar-refractivity contribution in [3.05, 3.63) is 46.4 Å². The first-order valence-corrected chi connectivity index (χ1v) is 6.93. The first-order valence-electron chi connectivity index (χ1n) is 6.14. The van der Waals surface area contributed by atoms with Crippen LogP contribution in [0.4, 0.5) is 11.4 Å². The van der Waals surface area contributed by atoms with Crippen LogP contribution >= 0.6 is 15.9 Å². The second-order valence-electron chi connectivity index (χ2n) is 4.27. The summed E-state index contributed by atoms with van der Waals surface area (Å²) in [7, 11) is 3.29. The van der Waals surface area contributed by atoms with E-state index in [2.05, 4.69) is 21.2 Å². The third kappa shape index (κ3) is 3.36. The fourth-order valence-corrected chi connectivity index (χ4v) is 2.40. The Kier molecular flexibility index (Phi) is 4.74. The molecule has 0 aliphatic rings. The molecule has 0 bridgehead atoms. The summed E-state index contributed by atoms with van der Waals surface area (Å²) in [5, 5.41) is 3.35. The fourth-order valence-electron chi connectivity index (χ4n) is 1.86. The lowest BCUT2D eigenvalue weighted by molar-refractivity contribution is 0.391. The molecule has 0 saturated heterocycles. The zero-order valence-electron chi connectivity index (χ0n) is 11.4. The molecule has 0 aliphatic heterocycles. The Hall–Kier alpha value is -1.88. The lowest BCUT2D eigenvalue weighted by Gasteiger charge is -2.13. The molecule has 0 aromatic heterocycles. The number of ether oxygens (including phenoxy) is 2. The molecule has 20 heavy (non-hydrogen) atoms. The van der Waals surface area contributed by atoms with E-state index in [9.17, 15) is 0 Å². The summed E-state index contributed by atoms with van der Waals surface area (Å²) < 4.78 is 11.5. The molecule has 0 aliphatic carbocycles. The molecule has 0 unspecified atom stereocenters. The molecule has 2 rings (SSSR count). The number of anilines is 2. The summed E-state index contributed by atoms with van der Waals surface area (Å²) >= 11 is 3.49. The monoisotopic (exact) mass is 336 g/mol. The van der Waals surface area contributed by atoms with Gasteiger partial charge in [0.2, 0.25) is 0 Å². The van der Waals surface area contributed by atoms with Gasteiger partial charge in [-0.2, -0.15) is 0 Å². The zero-order chi connectivity index (χ0) is 14.5. The first-order chi connectivity index (χ1) is 9.63. The highest BCUT2D eigenvalue weighted by molar-refractivity contribution is 9.10. The van der Waals surface area contributed by atoms with E-state index in [1.54, 1.807) is 14.2 Å². The standard InChI is InChI=1S/C15H17BrN2O2/c1-19-12-5-3-10(15(8-12)20-2)9-18-14-6-4-11(17)7-13(14)16/h3-8,18H,9,17H2,1-2H3. The molecule has 0 amide bonds. The molecule has 0 fully saturated rings. The van der Waals surface area contributed by atoms with Crippen molar-refractivity contribution in [2.24, 2.45) is 0 Å². The van der Waals surface area contributed by atoms with E-state index in [0.29, 0.717) is 6.54 Å². The molecule has 0 saturated carbocycles. The molecular weight excluding hydrogens is 320 g/mol. The van der Waals surface area contributed by atoms with E-state index >= 15 is 0 Å². The van der Waals surface area contributed by atoms with Crippen LogP contribution in [0.25, 0.3) is 0 Å². The van der Waals surface area contributed by atoms with Crippen molar-refractivity contribution >= 4 is 27.3 Å². The maximum atomic E-state index is 5.72. The molecule has 0 radical (unpaired) electrons. The van der Waals surface area contributed by atoms with Crippen molar-refractivity contribution in [3.63, 3.8) is 0 Å². The number of hydrogen-bond acceptors (Lipinski definition) is 4. The Morgan fingerprint density at radius 2 is 1.90 bits per heavy atom. The minimum Gasteiger partial charge on any atom is -0.497 e. The van der Waals surface area contributed by atoms with E-state index in [1.807, 2.05) is 36.4 Å². The van der Waals surface area contributed by atoms with E-state index in [-0.39, 0.29) is 0 Å². The molecule has 0 atom stereocenters. The van der Waals surface area contributed by atoms with Crippen LogP contribution in [0.5, 0.6) is 11.5 Å². The number of methoxy groups -OCH3 is 2. The SMILES string of the molecule is COc1ccc(CNc2ccc(N)cc2Br)c(OC)c1. The van der Waals surface area contributed by atoms with Gasteiger partial charge in [0.25, 0.3) is 0 Å². The van der Waals surface area contributed by atoms with E-state index in [1.165, 1.54) is 0 Å². The van der Waals surface area contributed by atoms with Gasteiger partial charge in [-0.05, 0) is 46.3 Å². The third-order valence-electron chi connectivity index (χ3n) is 2.96. The molecular formula is C15H17BrN2O2. The van der Waals surface area contributed by atoms with Crippen molar-refractivity contribution in [2.45, 2.75) is 6.54 Å². The Labute approximate surface area is 127 Å². The van der Waals surface area contributed by atoms with Crippen molar-refractivity contribution < 1.29 is 9.47 Å². The fraction of sp³-hybridized carbons (Fsp3) is 0.200. The minimum absolute atomic E-state index is 0.648. The molecule has 106 valence electrons. The highest BCUT2D eigenvalue weighted by Gasteiger charge is 2.06. The average molecular weight is 337 g/mol. The van der Waals surface area contributed by atoms with Crippen LogP contribution in [-0.4, -0.2) is 14.2 Å².